The molecule has 5 nitrogen and oxygen atoms in total. The van der Waals surface area contributed by atoms with Crippen molar-refractivity contribution in [1.82, 2.24) is 4.90 Å². The summed E-state index contributed by atoms with van der Waals surface area (Å²) in [5.74, 6) is -0.770. The van der Waals surface area contributed by atoms with E-state index in [1.54, 1.807) is 0 Å². The number of morpholine rings is 1. The predicted octanol–water partition coefficient (Wildman–Crippen LogP) is 1.43. The average Bonchev–Trinajstić information content (AvgIpc) is 2.41. The van der Waals surface area contributed by atoms with Crippen LogP contribution in [0.25, 0.3) is 0 Å². The number of rotatable bonds is 5. The van der Waals surface area contributed by atoms with Crippen molar-refractivity contribution in [1.29, 1.82) is 0 Å². The van der Waals surface area contributed by atoms with Gasteiger partial charge in [0.2, 0.25) is 0 Å². The molecule has 1 N–H and O–H groups in total. The molecule has 0 radical (unpaired) electrons. The molecule has 1 aromatic rings. The lowest BCUT2D eigenvalue weighted by molar-refractivity contribution is -0.140. The van der Waals surface area contributed by atoms with Crippen molar-refractivity contribution >= 4 is 11.7 Å². The van der Waals surface area contributed by atoms with Gasteiger partial charge in [0.25, 0.3) is 0 Å². The molecule has 1 aromatic carbocycles. The van der Waals surface area contributed by atoms with Crippen LogP contribution >= 0.6 is 0 Å². The summed E-state index contributed by atoms with van der Waals surface area (Å²) in [7, 11) is 4.03. The summed E-state index contributed by atoms with van der Waals surface area (Å²) in [5, 5.41) is 8.96. The molecule has 0 bridgehead atoms. The molecule has 1 unspecified atom stereocenters. The second-order valence-corrected chi connectivity index (χ2v) is 5.36. The number of carbonyl (C=O) groups is 1. The molecular weight excluding hydrogens is 256 g/mol. The standard InChI is InChI=1S/C15H22N2O3/c1-16(2)13-5-3-12(4-6-13)10-17-7-8-20-11-14(17)9-15(18)19/h3-6,14H,7-11H2,1-2H3,(H,18,19). The molecule has 2 rings (SSSR count). The first-order valence-corrected chi connectivity index (χ1v) is 6.86. The van der Waals surface area contributed by atoms with Crippen LogP contribution in [0.5, 0.6) is 0 Å². The van der Waals surface area contributed by atoms with Crippen LogP contribution in [0.1, 0.15) is 12.0 Å². The van der Waals surface area contributed by atoms with E-state index in [0.717, 1.165) is 18.8 Å². The Morgan fingerprint density at radius 2 is 2.10 bits per heavy atom. The minimum Gasteiger partial charge on any atom is -0.481 e. The Morgan fingerprint density at radius 3 is 2.70 bits per heavy atom. The summed E-state index contributed by atoms with van der Waals surface area (Å²) >= 11 is 0. The average molecular weight is 278 g/mol. The number of carboxylic acids is 1. The summed E-state index contributed by atoms with van der Waals surface area (Å²) in [6.45, 7) is 2.73. The third-order valence-electron chi connectivity index (χ3n) is 3.60. The van der Waals surface area contributed by atoms with Crippen molar-refractivity contribution in [2.45, 2.75) is 19.0 Å². The summed E-state index contributed by atoms with van der Waals surface area (Å²) in [5.41, 5.74) is 2.37. The highest BCUT2D eigenvalue weighted by Crippen LogP contribution is 2.17. The van der Waals surface area contributed by atoms with E-state index < -0.39 is 5.97 Å². The monoisotopic (exact) mass is 278 g/mol. The highest BCUT2D eigenvalue weighted by Gasteiger charge is 2.25. The van der Waals surface area contributed by atoms with Crippen LogP contribution in [0.15, 0.2) is 24.3 Å². The molecule has 1 fully saturated rings. The lowest BCUT2D eigenvalue weighted by Crippen LogP contribution is -2.45. The second kappa shape index (κ2) is 6.72. The largest absolute Gasteiger partial charge is 0.481 e. The maximum atomic E-state index is 10.9. The van der Waals surface area contributed by atoms with Crippen LogP contribution in [0.4, 0.5) is 5.69 Å². The van der Waals surface area contributed by atoms with E-state index in [1.165, 1.54) is 5.56 Å². The van der Waals surface area contributed by atoms with Gasteiger partial charge in [-0.2, -0.15) is 0 Å². The molecule has 1 aliphatic rings. The van der Waals surface area contributed by atoms with Crippen LogP contribution in [-0.4, -0.2) is 55.9 Å². The van der Waals surface area contributed by atoms with Gasteiger partial charge in [-0.25, -0.2) is 0 Å². The molecule has 1 aliphatic heterocycles. The van der Waals surface area contributed by atoms with Crippen molar-refractivity contribution in [3.8, 4) is 0 Å². The maximum absolute atomic E-state index is 10.9. The molecule has 0 amide bonds. The van der Waals surface area contributed by atoms with Crippen molar-refractivity contribution in [3.63, 3.8) is 0 Å². The van der Waals surface area contributed by atoms with Gasteiger partial charge in [-0.05, 0) is 17.7 Å². The summed E-state index contributed by atoms with van der Waals surface area (Å²) in [6, 6.07) is 8.34. The van der Waals surface area contributed by atoms with Crippen molar-refractivity contribution in [3.05, 3.63) is 29.8 Å². The fourth-order valence-corrected chi connectivity index (χ4v) is 2.42. The maximum Gasteiger partial charge on any atom is 0.305 e. The first kappa shape index (κ1) is 14.8. The molecule has 5 heteroatoms. The van der Waals surface area contributed by atoms with Gasteiger partial charge in [0.1, 0.15) is 0 Å². The van der Waals surface area contributed by atoms with E-state index in [4.69, 9.17) is 9.84 Å². The van der Waals surface area contributed by atoms with Gasteiger partial charge in [-0.3, -0.25) is 9.69 Å². The van der Waals surface area contributed by atoms with Gasteiger partial charge in [0.05, 0.1) is 19.6 Å². The molecule has 0 saturated carbocycles. The van der Waals surface area contributed by atoms with Gasteiger partial charge < -0.3 is 14.7 Å². The third-order valence-corrected chi connectivity index (χ3v) is 3.60. The number of carboxylic acid groups (broad SMARTS) is 1. The van der Waals surface area contributed by atoms with E-state index in [1.807, 2.05) is 14.1 Å². The van der Waals surface area contributed by atoms with Crippen LogP contribution in [0, 0.1) is 0 Å². The fraction of sp³-hybridized carbons (Fsp3) is 0.533. The Morgan fingerprint density at radius 1 is 1.40 bits per heavy atom. The van der Waals surface area contributed by atoms with E-state index in [-0.39, 0.29) is 12.5 Å². The van der Waals surface area contributed by atoms with Crippen LogP contribution in [0.3, 0.4) is 0 Å². The minimum atomic E-state index is -0.770. The van der Waals surface area contributed by atoms with E-state index >= 15 is 0 Å². The van der Waals surface area contributed by atoms with Crippen LogP contribution in [-0.2, 0) is 16.1 Å². The Bertz CT molecular complexity index is 445. The predicted molar refractivity (Wildman–Crippen MR) is 78.0 cm³/mol. The van der Waals surface area contributed by atoms with Gasteiger partial charge >= 0.3 is 5.97 Å². The Hall–Kier alpha value is -1.59. The Balaban J connectivity index is 2.00. The third kappa shape index (κ3) is 3.95. The van der Waals surface area contributed by atoms with Crippen molar-refractivity contribution in [2.24, 2.45) is 0 Å². The van der Waals surface area contributed by atoms with E-state index in [9.17, 15) is 4.79 Å². The number of hydrogen-bond donors (Lipinski definition) is 1. The van der Waals surface area contributed by atoms with E-state index in [0.29, 0.717) is 13.2 Å². The summed E-state index contributed by atoms with van der Waals surface area (Å²) in [4.78, 5) is 15.2. The molecule has 1 saturated heterocycles. The summed E-state index contributed by atoms with van der Waals surface area (Å²) in [6.07, 6.45) is 0.135. The Labute approximate surface area is 119 Å². The van der Waals surface area contributed by atoms with Crippen molar-refractivity contribution < 1.29 is 14.6 Å². The highest BCUT2D eigenvalue weighted by atomic mass is 16.5. The number of ether oxygens (including phenoxy) is 1. The number of anilines is 1. The topological polar surface area (TPSA) is 53.0 Å². The number of aliphatic carboxylic acids is 1. The SMILES string of the molecule is CN(C)c1ccc(CN2CCOCC2CC(=O)O)cc1. The number of benzene rings is 1. The number of nitrogens with zero attached hydrogens (tertiary/aromatic N) is 2. The van der Waals surface area contributed by atoms with Gasteiger partial charge in [0, 0.05) is 38.9 Å². The fourth-order valence-electron chi connectivity index (χ4n) is 2.42. The molecule has 1 heterocycles. The van der Waals surface area contributed by atoms with Crippen molar-refractivity contribution in [2.75, 3.05) is 38.8 Å². The lowest BCUT2D eigenvalue weighted by Gasteiger charge is -2.34. The quantitative estimate of drug-likeness (QED) is 0.883. The smallest absolute Gasteiger partial charge is 0.305 e. The second-order valence-electron chi connectivity index (χ2n) is 5.36. The van der Waals surface area contributed by atoms with Crippen LogP contribution in [0.2, 0.25) is 0 Å². The first-order chi connectivity index (χ1) is 9.56. The summed E-state index contributed by atoms with van der Waals surface area (Å²) < 4.78 is 5.39. The normalized spacial score (nSPS) is 19.8. The molecule has 110 valence electrons. The van der Waals surface area contributed by atoms with Gasteiger partial charge in [0.15, 0.2) is 0 Å². The lowest BCUT2D eigenvalue weighted by atomic mass is 10.1. The zero-order valence-corrected chi connectivity index (χ0v) is 12.1. The first-order valence-electron chi connectivity index (χ1n) is 6.86. The Kier molecular flexibility index (Phi) is 4.98. The molecular formula is C15H22N2O3. The molecule has 1 atom stereocenters. The molecule has 20 heavy (non-hydrogen) atoms. The molecule has 0 aliphatic carbocycles. The van der Waals surface area contributed by atoms with Gasteiger partial charge in [-0.1, -0.05) is 12.1 Å². The van der Waals surface area contributed by atoms with Crippen LogP contribution < -0.4 is 4.90 Å². The zero-order chi connectivity index (χ0) is 14.5. The van der Waals surface area contributed by atoms with Gasteiger partial charge in [-0.15, -0.1) is 0 Å². The molecule has 0 aromatic heterocycles. The number of hydrogen-bond acceptors (Lipinski definition) is 4. The highest BCUT2D eigenvalue weighted by molar-refractivity contribution is 5.67. The van der Waals surface area contributed by atoms with E-state index in [2.05, 4.69) is 34.1 Å². The zero-order valence-electron chi connectivity index (χ0n) is 12.1. The minimum absolute atomic E-state index is 0.0326. The molecule has 0 spiro atoms.